The second-order valence-corrected chi connectivity index (χ2v) is 5.31. The maximum atomic E-state index is 5.97. The van der Waals surface area contributed by atoms with E-state index in [1.807, 2.05) is 12.1 Å². The van der Waals surface area contributed by atoms with E-state index in [0.717, 1.165) is 30.9 Å². The lowest BCUT2D eigenvalue weighted by molar-refractivity contribution is 0.00358. The maximum absolute atomic E-state index is 5.97. The molecule has 0 aliphatic rings. The molecule has 120 valence electrons. The Morgan fingerprint density at radius 1 is 1.05 bits per heavy atom. The van der Waals surface area contributed by atoms with Crippen molar-refractivity contribution in [1.82, 2.24) is 5.32 Å². The first kappa shape index (κ1) is 18.0. The fraction of sp³-hybridized carbons (Fsp3) is 0.647. The third-order valence-corrected chi connectivity index (χ3v) is 3.09. The average Bonchev–Trinajstić information content (AvgIpc) is 2.50. The van der Waals surface area contributed by atoms with Gasteiger partial charge < -0.3 is 19.5 Å². The number of methoxy groups -OCH3 is 1. The molecule has 1 rings (SSSR count). The van der Waals surface area contributed by atoms with E-state index in [9.17, 15) is 0 Å². The van der Waals surface area contributed by atoms with Crippen molar-refractivity contribution in [3.8, 4) is 5.75 Å². The number of benzene rings is 1. The highest BCUT2D eigenvalue weighted by atomic mass is 16.5. The average molecular weight is 295 g/mol. The van der Waals surface area contributed by atoms with Crippen LogP contribution in [0.4, 0.5) is 0 Å². The third kappa shape index (κ3) is 7.46. The van der Waals surface area contributed by atoms with Crippen molar-refractivity contribution in [3.63, 3.8) is 0 Å². The number of rotatable bonds is 11. The smallest absolute Gasteiger partial charge is 0.118 e. The Labute approximate surface area is 128 Å². The van der Waals surface area contributed by atoms with Crippen LogP contribution in [0, 0.1) is 0 Å². The molecule has 0 saturated heterocycles. The summed E-state index contributed by atoms with van der Waals surface area (Å²) in [5.74, 6) is 0.862. The van der Waals surface area contributed by atoms with Gasteiger partial charge in [-0.15, -0.1) is 0 Å². The Hall–Kier alpha value is -1.10. The summed E-state index contributed by atoms with van der Waals surface area (Å²) in [4.78, 5) is 0. The Morgan fingerprint density at radius 3 is 2.33 bits per heavy atom. The summed E-state index contributed by atoms with van der Waals surface area (Å²) in [6.45, 7) is 9.20. The van der Waals surface area contributed by atoms with Gasteiger partial charge in [-0.2, -0.15) is 0 Å². The SMILES string of the molecule is CCCOCCOC(CNC(C)C)c1ccc(OC)cc1. The number of hydrogen-bond acceptors (Lipinski definition) is 4. The second-order valence-electron chi connectivity index (χ2n) is 5.31. The summed E-state index contributed by atoms with van der Waals surface area (Å²) in [6, 6.07) is 8.48. The van der Waals surface area contributed by atoms with Crippen molar-refractivity contribution in [2.24, 2.45) is 0 Å². The van der Waals surface area contributed by atoms with Gasteiger partial charge in [-0.3, -0.25) is 0 Å². The zero-order valence-corrected chi connectivity index (χ0v) is 13.7. The van der Waals surface area contributed by atoms with Crippen LogP contribution in [0.25, 0.3) is 0 Å². The molecule has 1 aromatic rings. The van der Waals surface area contributed by atoms with Crippen LogP contribution in [0.5, 0.6) is 5.75 Å². The minimum Gasteiger partial charge on any atom is -0.497 e. The molecule has 1 aromatic carbocycles. The van der Waals surface area contributed by atoms with Gasteiger partial charge in [0.15, 0.2) is 0 Å². The summed E-state index contributed by atoms with van der Waals surface area (Å²) in [7, 11) is 1.67. The molecule has 1 unspecified atom stereocenters. The number of ether oxygens (including phenoxy) is 3. The molecular weight excluding hydrogens is 266 g/mol. The van der Waals surface area contributed by atoms with Crippen molar-refractivity contribution in [2.45, 2.75) is 39.3 Å². The Kier molecular flexibility index (Phi) is 9.06. The minimum absolute atomic E-state index is 0.0310. The first-order valence-electron chi connectivity index (χ1n) is 7.74. The summed E-state index contributed by atoms with van der Waals surface area (Å²) in [5.41, 5.74) is 1.15. The van der Waals surface area contributed by atoms with Crippen LogP contribution in [0.3, 0.4) is 0 Å². The van der Waals surface area contributed by atoms with Gasteiger partial charge in [0.1, 0.15) is 5.75 Å². The quantitative estimate of drug-likeness (QED) is 0.637. The lowest BCUT2D eigenvalue weighted by Crippen LogP contribution is -2.29. The van der Waals surface area contributed by atoms with E-state index in [2.05, 4.69) is 38.2 Å². The van der Waals surface area contributed by atoms with Gasteiger partial charge in [0, 0.05) is 19.2 Å². The maximum Gasteiger partial charge on any atom is 0.118 e. The molecule has 1 N–H and O–H groups in total. The Balaban J connectivity index is 2.53. The highest BCUT2D eigenvalue weighted by Crippen LogP contribution is 2.20. The molecule has 21 heavy (non-hydrogen) atoms. The minimum atomic E-state index is 0.0310. The van der Waals surface area contributed by atoms with Crippen LogP contribution < -0.4 is 10.1 Å². The molecule has 1 atom stereocenters. The second kappa shape index (κ2) is 10.6. The summed E-state index contributed by atoms with van der Waals surface area (Å²) >= 11 is 0. The lowest BCUT2D eigenvalue weighted by atomic mass is 10.1. The van der Waals surface area contributed by atoms with Crippen molar-refractivity contribution in [3.05, 3.63) is 29.8 Å². The van der Waals surface area contributed by atoms with E-state index in [1.54, 1.807) is 7.11 Å². The van der Waals surface area contributed by atoms with E-state index in [0.29, 0.717) is 19.3 Å². The van der Waals surface area contributed by atoms with Gasteiger partial charge in [-0.05, 0) is 24.1 Å². The van der Waals surface area contributed by atoms with E-state index < -0.39 is 0 Å². The molecule has 0 saturated carbocycles. The van der Waals surface area contributed by atoms with E-state index in [-0.39, 0.29) is 6.10 Å². The fourth-order valence-electron chi connectivity index (χ4n) is 1.93. The predicted molar refractivity (Wildman–Crippen MR) is 85.9 cm³/mol. The number of nitrogens with one attached hydrogen (secondary N) is 1. The first-order chi connectivity index (χ1) is 10.2. The largest absolute Gasteiger partial charge is 0.497 e. The molecule has 0 aromatic heterocycles. The Bertz CT molecular complexity index is 365. The van der Waals surface area contributed by atoms with Crippen LogP contribution in [0.2, 0.25) is 0 Å². The van der Waals surface area contributed by atoms with E-state index in [1.165, 1.54) is 0 Å². The van der Waals surface area contributed by atoms with Crippen molar-refractivity contribution in [2.75, 3.05) is 33.5 Å². The van der Waals surface area contributed by atoms with Crippen LogP contribution >= 0.6 is 0 Å². The molecule has 4 nitrogen and oxygen atoms in total. The van der Waals surface area contributed by atoms with Crippen LogP contribution in [0.15, 0.2) is 24.3 Å². The van der Waals surface area contributed by atoms with Crippen LogP contribution in [-0.2, 0) is 9.47 Å². The van der Waals surface area contributed by atoms with Gasteiger partial charge in [0.05, 0.1) is 26.4 Å². The highest BCUT2D eigenvalue weighted by Gasteiger charge is 2.12. The zero-order valence-electron chi connectivity index (χ0n) is 13.7. The first-order valence-corrected chi connectivity index (χ1v) is 7.74. The number of hydrogen-bond donors (Lipinski definition) is 1. The third-order valence-electron chi connectivity index (χ3n) is 3.09. The summed E-state index contributed by atoms with van der Waals surface area (Å²) in [5, 5.41) is 3.43. The predicted octanol–water partition coefficient (Wildman–Crippen LogP) is 3.18. The van der Waals surface area contributed by atoms with Gasteiger partial charge in [0.25, 0.3) is 0 Å². The molecule has 0 bridgehead atoms. The summed E-state index contributed by atoms with van der Waals surface area (Å²) < 4.78 is 16.6. The molecule has 0 aliphatic carbocycles. The van der Waals surface area contributed by atoms with Crippen LogP contribution in [0.1, 0.15) is 38.9 Å². The molecule has 0 fully saturated rings. The van der Waals surface area contributed by atoms with Crippen molar-refractivity contribution in [1.29, 1.82) is 0 Å². The molecule has 4 heteroatoms. The van der Waals surface area contributed by atoms with Crippen molar-refractivity contribution < 1.29 is 14.2 Å². The molecule has 0 heterocycles. The molecule has 0 spiro atoms. The zero-order chi connectivity index (χ0) is 15.5. The molecule has 0 aliphatic heterocycles. The molecular formula is C17H29NO3. The van der Waals surface area contributed by atoms with E-state index >= 15 is 0 Å². The standard InChI is InChI=1S/C17H29NO3/c1-5-10-20-11-12-21-17(13-18-14(2)3)15-6-8-16(19-4)9-7-15/h6-9,14,17-18H,5,10-13H2,1-4H3. The highest BCUT2D eigenvalue weighted by molar-refractivity contribution is 5.28. The summed E-state index contributed by atoms with van der Waals surface area (Å²) in [6.07, 6.45) is 1.07. The fourth-order valence-corrected chi connectivity index (χ4v) is 1.93. The molecule has 0 amide bonds. The monoisotopic (exact) mass is 295 g/mol. The van der Waals surface area contributed by atoms with Gasteiger partial charge in [0.2, 0.25) is 0 Å². The van der Waals surface area contributed by atoms with Gasteiger partial charge in [-0.1, -0.05) is 32.9 Å². The van der Waals surface area contributed by atoms with Crippen LogP contribution in [-0.4, -0.2) is 39.5 Å². The lowest BCUT2D eigenvalue weighted by Gasteiger charge is -2.21. The normalized spacial score (nSPS) is 12.6. The van der Waals surface area contributed by atoms with Crippen molar-refractivity contribution >= 4 is 0 Å². The van der Waals surface area contributed by atoms with E-state index in [4.69, 9.17) is 14.2 Å². The van der Waals surface area contributed by atoms with Gasteiger partial charge in [-0.25, -0.2) is 0 Å². The topological polar surface area (TPSA) is 39.7 Å². The van der Waals surface area contributed by atoms with Gasteiger partial charge >= 0.3 is 0 Å². The molecule has 0 radical (unpaired) electrons. The Morgan fingerprint density at radius 2 is 1.76 bits per heavy atom.